The lowest BCUT2D eigenvalue weighted by Crippen LogP contribution is -2.45. The van der Waals surface area contributed by atoms with E-state index in [9.17, 15) is 13.2 Å². The number of hydrogen-bond acceptors (Lipinski definition) is 4. The third-order valence-corrected chi connectivity index (χ3v) is 5.89. The molecule has 0 bridgehead atoms. The highest BCUT2D eigenvalue weighted by molar-refractivity contribution is 7.89. The van der Waals surface area contributed by atoms with E-state index in [0.29, 0.717) is 37.4 Å². The Balaban J connectivity index is 2.09. The van der Waals surface area contributed by atoms with Crippen LogP contribution in [-0.4, -0.2) is 38.4 Å². The molecule has 1 aliphatic rings. The number of esters is 1. The molecule has 1 aromatic carbocycles. The van der Waals surface area contributed by atoms with Gasteiger partial charge in [-0.3, -0.25) is 4.79 Å². The Kier molecular flexibility index (Phi) is 4.68. The lowest BCUT2D eigenvalue weighted by atomic mass is 9.81. The lowest BCUT2D eigenvalue weighted by Gasteiger charge is -2.36. The second-order valence-electron chi connectivity index (χ2n) is 5.50. The van der Waals surface area contributed by atoms with Crippen molar-refractivity contribution in [3.63, 3.8) is 0 Å². The van der Waals surface area contributed by atoms with Crippen LogP contribution < -0.4 is 0 Å². The van der Waals surface area contributed by atoms with Gasteiger partial charge in [-0.25, -0.2) is 8.42 Å². The molecule has 0 radical (unpaired) electrons. The maximum atomic E-state index is 12.5. The van der Waals surface area contributed by atoms with E-state index in [-0.39, 0.29) is 5.97 Å². The van der Waals surface area contributed by atoms with E-state index in [0.717, 1.165) is 0 Å². The number of benzene rings is 1. The first-order valence-electron chi connectivity index (χ1n) is 7.12. The van der Waals surface area contributed by atoms with Crippen LogP contribution >= 0.6 is 0 Å². The van der Waals surface area contributed by atoms with E-state index in [4.69, 9.17) is 4.74 Å². The topological polar surface area (TPSA) is 63.7 Å². The molecule has 1 aromatic rings. The van der Waals surface area contributed by atoms with Crippen LogP contribution in [0.2, 0.25) is 0 Å². The monoisotopic (exact) mass is 311 g/mol. The summed E-state index contributed by atoms with van der Waals surface area (Å²) in [5.74, 6) is -0.234. The quantitative estimate of drug-likeness (QED) is 0.798. The summed E-state index contributed by atoms with van der Waals surface area (Å²) in [4.78, 5) is 12.3. The second-order valence-corrected chi connectivity index (χ2v) is 7.44. The summed E-state index contributed by atoms with van der Waals surface area (Å²) < 4.78 is 31.5. The average Bonchev–Trinajstić information content (AvgIpc) is 2.49. The van der Waals surface area contributed by atoms with E-state index >= 15 is 0 Å². The van der Waals surface area contributed by atoms with Gasteiger partial charge in [0.2, 0.25) is 10.0 Å². The van der Waals surface area contributed by atoms with Gasteiger partial charge in [0.1, 0.15) is 0 Å². The van der Waals surface area contributed by atoms with Gasteiger partial charge in [-0.15, -0.1) is 0 Å². The fourth-order valence-corrected chi connectivity index (χ4v) is 3.93. The highest BCUT2D eigenvalue weighted by Gasteiger charge is 2.41. The van der Waals surface area contributed by atoms with Crippen molar-refractivity contribution in [3.05, 3.63) is 30.3 Å². The number of nitrogens with zero attached hydrogens (tertiary/aromatic N) is 1. The molecule has 5 nitrogen and oxygen atoms in total. The van der Waals surface area contributed by atoms with Gasteiger partial charge in [0, 0.05) is 13.1 Å². The molecule has 2 rings (SSSR count). The Morgan fingerprint density at radius 1 is 1.24 bits per heavy atom. The largest absolute Gasteiger partial charge is 0.466 e. The van der Waals surface area contributed by atoms with Gasteiger partial charge in [-0.2, -0.15) is 4.31 Å². The SMILES string of the molecule is CCOC(=O)C1(C)CCN(S(=O)(=O)c2ccccc2)CC1. The molecule has 0 aliphatic carbocycles. The summed E-state index contributed by atoms with van der Waals surface area (Å²) in [6, 6.07) is 8.38. The second kappa shape index (κ2) is 6.15. The molecular weight excluding hydrogens is 290 g/mol. The van der Waals surface area contributed by atoms with Crippen molar-refractivity contribution in [2.24, 2.45) is 5.41 Å². The number of sulfonamides is 1. The smallest absolute Gasteiger partial charge is 0.311 e. The Morgan fingerprint density at radius 3 is 2.33 bits per heavy atom. The number of ether oxygens (including phenoxy) is 1. The van der Waals surface area contributed by atoms with Crippen molar-refractivity contribution in [3.8, 4) is 0 Å². The number of piperidine rings is 1. The minimum absolute atomic E-state index is 0.234. The van der Waals surface area contributed by atoms with Crippen molar-refractivity contribution in [1.29, 1.82) is 0 Å². The third kappa shape index (κ3) is 3.27. The summed E-state index contributed by atoms with van der Waals surface area (Å²) in [6.07, 6.45) is 0.968. The molecule has 21 heavy (non-hydrogen) atoms. The molecule has 0 atom stereocenters. The fourth-order valence-electron chi connectivity index (χ4n) is 2.47. The zero-order valence-corrected chi connectivity index (χ0v) is 13.2. The lowest BCUT2D eigenvalue weighted by molar-refractivity contribution is -0.156. The van der Waals surface area contributed by atoms with Gasteiger partial charge < -0.3 is 4.74 Å². The molecule has 1 fully saturated rings. The fraction of sp³-hybridized carbons (Fsp3) is 0.533. The number of carbonyl (C=O) groups is 1. The maximum Gasteiger partial charge on any atom is 0.311 e. The molecule has 1 saturated heterocycles. The van der Waals surface area contributed by atoms with E-state index in [1.165, 1.54) is 4.31 Å². The first-order chi connectivity index (χ1) is 9.90. The van der Waals surface area contributed by atoms with E-state index < -0.39 is 15.4 Å². The maximum absolute atomic E-state index is 12.5. The van der Waals surface area contributed by atoms with Gasteiger partial charge in [0.15, 0.2) is 0 Å². The van der Waals surface area contributed by atoms with Crippen LogP contribution in [0, 0.1) is 5.41 Å². The van der Waals surface area contributed by atoms with Gasteiger partial charge in [0.25, 0.3) is 0 Å². The van der Waals surface area contributed by atoms with Gasteiger partial charge in [0.05, 0.1) is 16.9 Å². The third-order valence-electron chi connectivity index (χ3n) is 3.98. The highest BCUT2D eigenvalue weighted by atomic mass is 32.2. The molecule has 0 amide bonds. The predicted octanol–water partition coefficient (Wildman–Crippen LogP) is 2.04. The van der Waals surface area contributed by atoms with Crippen LogP contribution in [0.4, 0.5) is 0 Å². The van der Waals surface area contributed by atoms with Gasteiger partial charge in [-0.05, 0) is 38.8 Å². The molecule has 6 heteroatoms. The van der Waals surface area contributed by atoms with Crippen LogP contribution in [0.1, 0.15) is 26.7 Å². The van der Waals surface area contributed by atoms with Crippen molar-refractivity contribution in [2.75, 3.05) is 19.7 Å². The summed E-state index contributed by atoms with van der Waals surface area (Å²) >= 11 is 0. The Morgan fingerprint density at radius 2 is 1.81 bits per heavy atom. The van der Waals surface area contributed by atoms with Crippen LogP contribution in [0.25, 0.3) is 0 Å². The molecule has 1 aliphatic heterocycles. The number of carbonyl (C=O) groups excluding carboxylic acids is 1. The molecule has 0 unspecified atom stereocenters. The zero-order valence-electron chi connectivity index (χ0n) is 12.4. The first-order valence-corrected chi connectivity index (χ1v) is 8.56. The Labute approximate surface area is 126 Å². The molecule has 0 aromatic heterocycles. The van der Waals surface area contributed by atoms with Crippen LogP contribution in [0.5, 0.6) is 0 Å². The summed E-state index contributed by atoms with van der Waals surface area (Å²) in [7, 11) is -3.47. The van der Waals surface area contributed by atoms with Crippen molar-refractivity contribution < 1.29 is 17.9 Å². The average molecular weight is 311 g/mol. The molecule has 0 spiro atoms. The summed E-state index contributed by atoms with van der Waals surface area (Å²) in [6.45, 7) is 4.65. The van der Waals surface area contributed by atoms with Gasteiger partial charge >= 0.3 is 5.97 Å². The van der Waals surface area contributed by atoms with Gasteiger partial charge in [-0.1, -0.05) is 18.2 Å². The predicted molar refractivity (Wildman–Crippen MR) is 79.2 cm³/mol. The van der Waals surface area contributed by atoms with Crippen molar-refractivity contribution >= 4 is 16.0 Å². The Bertz CT molecular complexity index is 589. The normalized spacial score (nSPS) is 19.1. The number of rotatable bonds is 4. The molecular formula is C15H21NO4S. The van der Waals surface area contributed by atoms with E-state index in [2.05, 4.69) is 0 Å². The van der Waals surface area contributed by atoms with E-state index in [1.807, 2.05) is 6.92 Å². The highest BCUT2D eigenvalue weighted by Crippen LogP contribution is 2.34. The van der Waals surface area contributed by atoms with Crippen LogP contribution in [0.15, 0.2) is 35.2 Å². The summed E-state index contributed by atoms with van der Waals surface area (Å²) in [5.41, 5.74) is -0.585. The van der Waals surface area contributed by atoms with Crippen LogP contribution in [0.3, 0.4) is 0 Å². The molecule has 1 heterocycles. The van der Waals surface area contributed by atoms with Crippen LogP contribution in [-0.2, 0) is 19.6 Å². The van der Waals surface area contributed by atoms with E-state index in [1.54, 1.807) is 37.3 Å². The molecule has 0 saturated carbocycles. The zero-order chi connectivity index (χ0) is 15.5. The summed E-state index contributed by atoms with van der Waals surface area (Å²) in [5, 5.41) is 0. The Hall–Kier alpha value is -1.40. The minimum atomic E-state index is -3.47. The molecule has 116 valence electrons. The van der Waals surface area contributed by atoms with Crippen molar-refractivity contribution in [1.82, 2.24) is 4.31 Å². The standard InChI is InChI=1S/C15H21NO4S/c1-3-20-14(17)15(2)9-11-16(12-10-15)21(18,19)13-7-5-4-6-8-13/h4-8H,3,9-12H2,1-2H3. The first kappa shape index (κ1) is 16.0. The number of hydrogen-bond donors (Lipinski definition) is 0. The van der Waals surface area contributed by atoms with Crippen molar-refractivity contribution in [2.45, 2.75) is 31.6 Å². The minimum Gasteiger partial charge on any atom is -0.466 e. The molecule has 0 N–H and O–H groups in total.